The molecule has 0 saturated heterocycles. The normalized spacial score (nSPS) is 12.9. The van der Waals surface area contributed by atoms with E-state index in [0.29, 0.717) is 16.8 Å². The van der Waals surface area contributed by atoms with E-state index in [1.54, 1.807) is 26.0 Å². The topological polar surface area (TPSA) is 81.6 Å². The zero-order valence-electron chi connectivity index (χ0n) is 14.7. The van der Waals surface area contributed by atoms with Crippen LogP contribution in [-0.2, 0) is 20.7 Å². The number of fused-ring (bicyclic) bond motifs is 3. The second kappa shape index (κ2) is 7.07. The van der Waals surface area contributed by atoms with Crippen LogP contribution < -0.4 is 9.64 Å². The quantitative estimate of drug-likeness (QED) is 0.614. The number of amides is 1. The number of esters is 1. The van der Waals surface area contributed by atoms with Crippen LogP contribution in [0.15, 0.2) is 18.3 Å². The molecule has 2 aromatic rings. The van der Waals surface area contributed by atoms with Gasteiger partial charge in [-0.05, 0) is 31.5 Å². The van der Waals surface area contributed by atoms with Gasteiger partial charge in [-0.3, -0.25) is 9.59 Å². The van der Waals surface area contributed by atoms with Crippen molar-refractivity contribution in [1.82, 2.24) is 9.97 Å². The second-order valence-corrected chi connectivity index (χ2v) is 5.76. The third kappa shape index (κ3) is 3.10. The molecule has 0 spiro atoms. The number of pyridine rings is 2. The van der Waals surface area contributed by atoms with Crippen LogP contribution in [-0.4, -0.2) is 42.1 Å². The van der Waals surface area contributed by atoms with Gasteiger partial charge in [0.2, 0.25) is 17.7 Å². The maximum Gasteiger partial charge on any atom is 0.326 e. The van der Waals surface area contributed by atoms with Crippen molar-refractivity contribution in [2.45, 2.75) is 20.3 Å². The lowest BCUT2D eigenvalue weighted by Crippen LogP contribution is -2.37. The molecule has 0 fully saturated rings. The van der Waals surface area contributed by atoms with Gasteiger partial charge < -0.3 is 14.4 Å². The molecule has 1 aliphatic heterocycles. The summed E-state index contributed by atoms with van der Waals surface area (Å²) in [4.78, 5) is 34.0. The van der Waals surface area contributed by atoms with Crippen LogP contribution in [0.4, 0.5) is 10.1 Å². The summed E-state index contributed by atoms with van der Waals surface area (Å²) in [5.74, 6) is -1.44. The molecule has 136 valence electrons. The van der Waals surface area contributed by atoms with Crippen LogP contribution in [0.25, 0.3) is 11.1 Å². The van der Waals surface area contributed by atoms with Gasteiger partial charge >= 0.3 is 5.97 Å². The maximum atomic E-state index is 14.8. The van der Waals surface area contributed by atoms with Gasteiger partial charge in [0.1, 0.15) is 6.54 Å². The highest BCUT2D eigenvalue weighted by molar-refractivity contribution is 6.05. The minimum absolute atomic E-state index is 0.0844. The van der Waals surface area contributed by atoms with E-state index >= 15 is 0 Å². The molecule has 0 radical (unpaired) electrons. The van der Waals surface area contributed by atoms with Crippen LogP contribution >= 0.6 is 0 Å². The van der Waals surface area contributed by atoms with Crippen molar-refractivity contribution in [2.24, 2.45) is 0 Å². The van der Waals surface area contributed by atoms with E-state index in [9.17, 15) is 14.0 Å². The fourth-order valence-electron chi connectivity index (χ4n) is 3.02. The Balaban J connectivity index is 2.23. The molecule has 26 heavy (non-hydrogen) atoms. The van der Waals surface area contributed by atoms with Crippen molar-refractivity contribution in [3.63, 3.8) is 0 Å². The van der Waals surface area contributed by atoms with Gasteiger partial charge in [0.25, 0.3) is 0 Å². The van der Waals surface area contributed by atoms with Crippen molar-refractivity contribution < 1.29 is 23.5 Å². The van der Waals surface area contributed by atoms with Crippen molar-refractivity contribution in [1.29, 1.82) is 0 Å². The summed E-state index contributed by atoms with van der Waals surface area (Å²) in [6.45, 7) is 3.17. The molecule has 1 amide bonds. The van der Waals surface area contributed by atoms with E-state index in [2.05, 4.69) is 9.97 Å². The molecule has 7 nitrogen and oxygen atoms in total. The zero-order valence-corrected chi connectivity index (χ0v) is 14.7. The predicted octanol–water partition coefficient (Wildman–Crippen LogP) is 2.05. The summed E-state index contributed by atoms with van der Waals surface area (Å²) >= 11 is 0. The fourth-order valence-corrected chi connectivity index (χ4v) is 3.02. The molecule has 1 aliphatic rings. The summed E-state index contributed by atoms with van der Waals surface area (Å²) < 4.78 is 25.0. The van der Waals surface area contributed by atoms with Crippen LogP contribution in [0.3, 0.4) is 0 Å². The molecule has 0 unspecified atom stereocenters. The van der Waals surface area contributed by atoms with Gasteiger partial charge in [-0.25, -0.2) is 9.97 Å². The molecule has 0 saturated carbocycles. The number of rotatable bonds is 4. The fraction of sp³-hybridized carbons (Fsp3) is 0.333. The summed E-state index contributed by atoms with van der Waals surface area (Å²) in [6, 6.07) is 3.19. The van der Waals surface area contributed by atoms with Crippen LogP contribution in [0.5, 0.6) is 5.88 Å². The number of hydrogen-bond acceptors (Lipinski definition) is 6. The number of anilines is 1. The highest BCUT2D eigenvalue weighted by Gasteiger charge is 2.32. The lowest BCUT2D eigenvalue weighted by Gasteiger charge is -2.22. The Kier molecular flexibility index (Phi) is 4.83. The molecular weight excluding hydrogens is 341 g/mol. The smallest absolute Gasteiger partial charge is 0.326 e. The molecule has 3 heterocycles. The number of aryl methyl sites for hydroxylation is 1. The van der Waals surface area contributed by atoms with Crippen LogP contribution in [0.2, 0.25) is 0 Å². The molecular formula is C18H18FN3O4. The van der Waals surface area contributed by atoms with Gasteiger partial charge in [0.15, 0.2) is 0 Å². The van der Waals surface area contributed by atoms with Crippen molar-refractivity contribution in [2.75, 3.05) is 25.2 Å². The first kappa shape index (κ1) is 17.8. The van der Waals surface area contributed by atoms with Crippen LogP contribution in [0, 0.1) is 12.9 Å². The molecule has 0 bridgehead atoms. The summed E-state index contributed by atoms with van der Waals surface area (Å²) in [7, 11) is 1.43. The monoisotopic (exact) mass is 359 g/mol. The molecule has 0 N–H and O–H groups in total. The minimum atomic E-state index is -0.724. The summed E-state index contributed by atoms with van der Waals surface area (Å²) in [5, 5.41) is 0. The SMILES string of the molecule is CCOC(=O)CN1C(=O)Cc2c(ccnc2OC)-c2c1cc(C)nc2F. The zero-order chi connectivity index (χ0) is 18.8. The Morgan fingerprint density at radius 3 is 2.88 bits per heavy atom. The summed E-state index contributed by atoms with van der Waals surface area (Å²) in [5.41, 5.74) is 1.74. The standard InChI is InChI=1S/C18H18FN3O4/c1-4-26-15(24)9-22-13-7-10(2)21-17(19)16(13)11-5-6-20-18(25-3)12(11)8-14(22)23/h5-7H,4,8-9H2,1-3H3. The van der Waals surface area contributed by atoms with Gasteiger partial charge in [-0.1, -0.05) is 0 Å². The molecule has 0 aromatic carbocycles. The highest BCUT2D eigenvalue weighted by atomic mass is 19.1. The Bertz CT molecular complexity index is 885. The molecule has 8 heteroatoms. The summed E-state index contributed by atoms with van der Waals surface area (Å²) in [6.07, 6.45) is 1.39. The van der Waals surface area contributed by atoms with E-state index < -0.39 is 11.9 Å². The average molecular weight is 359 g/mol. The number of carbonyl (C=O) groups is 2. The number of ether oxygens (including phenoxy) is 2. The third-order valence-electron chi connectivity index (χ3n) is 4.07. The number of carbonyl (C=O) groups excluding carboxylic acids is 2. The Morgan fingerprint density at radius 1 is 1.42 bits per heavy atom. The lowest BCUT2D eigenvalue weighted by molar-refractivity contribution is -0.142. The average Bonchev–Trinajstić information content (AvgIpc) is 2.70. The van der Waals surface area contributed by atoms with E-state index in [-0.39, 0.29) is 42.6 Å². The number of nitrogens with zero attached hydrogens (tertiary/aromatic N) is 3. The van der Waals surface area contributed by atoms with E-state index in [0.717, 1.165) is 0 Å². The number of methoxy groups -OCH3 is 1. The molecule has 3 rings (SSSR count). The number of hydrogen-bond donors (Lipinski definition) is 0. The van der Waals surface area contributed by atoms with E-state index in [1.807, 2.05) is 0 Å². The van der Waals surface area contributed by atoms with Gasteiger partial charge in [-0.15, -0.1) is 0 Å². The van der Waals surface area contributed by atoms with Crippen LogP contribution in [0.1, 0.15) is 18.2 Å². The maximum absolute atomic E-state index is 14.8. The Labute approximate surface area is 149 Å². The van der Waals surface area contributed by atoms with Crippen molar-refractivity contribution in [3.8, 4) is 17.0 Å². The minimum Gasteiger partial charge on any atom is -0.481 e. The lowest BCUT2D eigenvalue weighted by atomic mass is 10.00. The van der Waals surface area contributed by atoms with Crippen molar-refractivity contribution >= 4 is 17.6 Å². The first-order chi connectivity index (χ1) is 12.5. The molecule has 0 aliphatic carbocycles. The van der Waals surface area contributed by atoms with E-state index in [4.69, 9.17) is 9.47 Å². The van der Waals surface area contributed by atoms with Gasteiger partial charge in [-0.2, -0.15) is 4.39 Å². The number of halogens is 1. The predicted molar refractivity (Wildman–Crippen MR) is 91.4 cm³/mol. The third-order valence-corrected chi connectivity index (χ3v) is 4.07. The van der Waals surface area contributed by atoms with Crippen molar-refractivity contribution in [3.05, 3.63) is 35.5 Å². The Hall–Kier alpha value is -3.03. The van der Waals surface area contributed by atoms with E-state index in [1.165, 1.54) is 18.2 Å². The van der Waals surface area contributed by atoms with Gasteiger partial charge in [0, 0.05) is 17.5 Å². The first-order valence-corrected chi connectivity index (χ1v) is 8.11. The molecule has 0 atom stereocenters. The number of aromatic nitrogens is 2. The second-order valence-electron chi connectivity index (χ2n) is 5.76. The van der Waals surface area contributed by atoms with Gasteiger partial charge in [0.05, 0.1) is 31.4 Å². The highest BCUT2D eigenvalue weighted by Crippen LogP contribution is 2.40. The molecule has 2 aromatic heterocycles. The largest absolute Gasteiger partial charge is 0.481 e. The Morgan fingerprint density at radius 2 is 2.19 bits per heavy atom. The first-order valence-electron chi connectivity index (χ1n) is 8.11.